The summed E-state index contributed by atoms with van der Waals surface area (Å²) in [7, 11) is 0. The molecule has 18 heavy (non-hydrogen) atoms. The number of fused-ring (bicyclic) bond motifs is 1. The molecule has 2 aromatic rings. The average molecular weight is 247 g/mol. The Kier molecular flexibility index (Phi) is 2.87. The van der Waals surface area contributed by atoms with Gasteiger partial charge in [-0.3, -0.25) is 4.68 Å². The highest BCUT2D eigenvalue weighted by atomic mass is 16.5. The van der Waals surface area contributed by atoms with Crippen LogP contribution in [-0.2, 0) is 17.9 Å². The Hall–Kier alpha value is -1.69. The second-order valence-electron chi connectivity index (χ2n) is 4.44. The Morgan fingerprint density at radius 2 is 2.28 bits per heavy atom. The molecule has 0 aliphatic carbocycles. The van der Waals surface area contributed by atoms with E-state index in [4.69, 9.17) is 4.74 Å². The van der Waals surface area contributed by atoms with Crippen molar-refractivity contribution in [3.05, 3.63) is 18.1 Å². The zero-order chi connectivity index (χ0) is 12.5. The van der Waals surface area contributed by atoms with E-state index in [2.05, 4.69) is 33.7 Å². The van der Waals surface area contributed by atoms with Crippen LogP contribution in [0.2, 0.25) is 0 Å². The van der Waals surface area contributed by atoms with Gasteiger partial charge in [0.05, 0.1) is 12.6 Å². The summed E-state index contributed by atoms with van der Waals surface area (Å²) in [6, 6.07) is 2.30. The van der Waals surface area contributed by atoms with Crippen molar-refractivity contribution in [1.29, 1.82) is 0 Å². The molecule has 0 N–H and O–H groups in total. The molecule has 1 atom stereocenters. The predicted molar refractivity (Wildman–Crippen MR) is 65.9 cm³/mol. The van der Waals surface area contributed by atoms with E-state index in [1.165, 1.54) is 0 Å². The van der Waals surface area contributed by atoms with E-state index in [9.17, 15) is 0 Å². The maximum absolute atomic E-state index is 5.53. The number of nitrogens with zero attached hydrogens (tertiary/aromatic N) is 5. The first-order valence-corrected chi connectivity index (χ1v) is 6.38. The fourth-order valence-corrected chi connectivity index (χ4v) is 2.30. The van der Waals surface area contributed by atoms with Crippen molar-refractivity contribution < 1.29 is 4.74 Å². The third-order valence-corrected chi connectivity index (χ3v) is 3.34. The first-order valence-electron chi connectivity index (χ1n) is 6.38. The Balaban J connectivity index is 2.05. The van der Waals surface area contributed by atoms with Gasteiger partial charge in [-0.05, 0) is 19.4 Å². The van der Waals surface area contributed by atoms with Crippen molar-refractivity contribution in [2.24, 2.45) is 0 Å². The summed E-state index contributed by atoms with van der Waals surface area (Å²) in [5.41, 5.74) is 0.885. The van der Waals surface area contributed by atoms with Gasteiger partial charge in [-0.2, -0.15) is 5.10 Å². The van der Waals surface area contributed by atoms with Crippen molar-refractivity contribution in [3.8, 4) is 11.5 Å². The molecule has 0 amide bonds. The lowest BCUT2D eigenvalue weighted by molar-refractivity contribution is 0.0542. The number of aryl methyl sites for hydroxylation is 1. The fraction of sp³-hybridized carbons (Fsp3) is 0.583. The molecule has 6 nitrogen and oxygen atoms in total. The third kappa shape index (κ3) is 1.73. The molecule has 2 aromatic heterocycles. The van der Waals surface area contributed by atoms with Crippen molar-refractivity contribution in [2.75, 3.05) is 6.61 Å². The maximum Gasteiger partial charge on any atom is 0.184 e. The molecular formula is C12H17N5O. The van der Waals surface area contributed by atoms with Crippen LogP contribution < -0.4 is 0 Å². The summed E-state index contributed by atoms with van der Waals surface area (Å²) in [6.45, 7) is 6.35. The molecule has 3 rings (SSSR count). The van der Waals surface area contributed by atoms with Gasteiger partial charge in [-0.15, -0.1) is 10.2 Å². The van der Waals surface area contributed by atoms with E-state index in [0.717, 1.165) is 36.9 Å². The highest BCUT2D eigenvalue weighted by Gasteiger charge is 2.25. The topological polar surface area (TPSA) is 57.8 Å². The molecule has 1 aliphatic heterocycles. The molecule has 0 radical (unpaired) electrons. The summed E-state index contributed by atoms with van der Waals surface area (Å²) in [5.74, 6) is 1.75. The van der Waals surface area contributed by atoms with Crippen LogP contribution in [-0.4, -0.2) is 31.2 Å². The van der Waals surface area contributed by atoms with Gasteiger partial charge < -0.3 is 9.30 Å². The Bertz CT molecular complexity index is 544. The third-order valence-electron chi connectivity index (χ3n) is 3.34. The molecule has 6 heteroatoms. The quantitative estimate of drug-likeness (QED) is 0.827. The van der Waals surface area contributed by atoms with E-state index >= 15 is 0 Å². The van der Waals surface area contributed by atoms with Crippen LogP contribution in [0.3, 0.4) is 0 Å². The van der Waals surface area contributed by atoms with Crippen LogP contribution >= 0.6 is 0 Å². The summed E-state index contributed by atoms with van der Waals surface area (Å²) in [4.78, 5) is 0. The minimum absolute atomic E-state index is 0.311. The molecule has 0 fully saturated rings. The molecular weight excluding hydrogens is 230 g/mol. The maximum atomic E-state index is 5.53. The summed E-state index contributed by atoms with van der Waals surface area (Å²) in [5, 5.41) is 13.0. The molecule has 0 bridgehead atoms. The van der Waals surface area contributed by atoms with Gasteiger partial charge in [-0.25, -0.2) is 0 Å². The van der Waals surface area contributed by atoms with Crippen molar-refractivity contribution >= 4 is 0 Å². The number of hydrogen-bond donors (Lipinski definition) is 0. The second kappa shape index (κ2) is 4.53. The zero-order valence-electron chi connectivity index (χ0n) is 10.7. The highest BCUT2D eigenvalue weighted by Crippen LogP contribution is 2.27. The lowest BCUT2D eigenvalue weighted by atomic mass is 10.2. The van der Waals surface area contributed by atoms with Gasteiger partial charge in [0, 0.05) is 12.7 Å². The summed E-state index contributed by atoms with van der Waals surface area (Å²) >= 11 is 0. The first-order chi connectivity index (χ1) is 8.83. The summed E-state index contributed by atoms with van der Waals surface area (Å²) in [6.07, 6.45) is 2.98. The van der Waals surface area contributed by atoms with Gasteiger partial charge in [0.1, 0.15) is 12.3 Å². The molecule has 96 valence electrons. The van der Waals surface area contributed by atoms with Crippen molar-refractivity contribution in [3.63, 3.8) is 0 Å². The highest BCUT2D eigenvalue weighted by molar-refractivity contribution is 5.49. The van der Waals surface area contributed by atoms with E-state index in [1.807, 2.05) is 16.9 Å². The van der Waals surface area contributed by atoms with Gasteiger partial charge in [-0.1, -0.05) is 6.92 Å². The molecule has 1 aliphatic rings. The molecule has 0 spiro atoms. The minimum Gasteiger partial charge on any atom is -0.371 e. The molecule has 0 saturated carbocycles. The lowest BCUT2D eigenvalue weighted by Gasteiger charge is -2.24. The molecule has 1 unspecified atom stereocenters. The van der Waals surface area contributed by atoms with E-state index in [-0.39, 0.29) is 0 Å². The van der Waals surface area contributed by atoms with E-state index in [0.29, 0.717) is 12.6 Å². The van der Waals surface area contributed by atoms with Crippen LogP contribution in [0.5, 0.6) is 0 Å². The number of rotatable bonds is 3. The standard InChI is InChI=1S/C12H17N5O/c1-3-9-7-18-8-11-13-14-12(17(9)11)10-5-6-16(4-2)15-10/h5-6,9H,3-4,7-8H2,1-2H3. The smallest absolute Gasteiger partial charge is 0.184 e. The lowest BCUT2D eigenvalue weighted by Crippen LogP contribution is -2.24. The molecule has 0 saturated heterocycles. The number of hydrogen-bond acceptors (Lipinski definition) is 4. The number of ether oxygens (including phenoxy) is 1. The van der Waals surface area contributed by atoms with E-state index in [1.54, 1.807) is 0 Å². The fourth-order valence-electron chi connectivity index (χ4n) is 2.30. The van der Waals surface area contributed by atoms with Crippen LogP contribution in [0.1, 0.15) is 32.1 Å². The van der Waals surface area contributed by atoms with Gasteiger partial charge >= 0.3 is 0 Å². The largest absolute Gasteiger partial charge is 0.371 e. The first kappa shape index (κ1) is 11.4. The van der Waals surface area contributed by atoms with Crippen molar-refractivity contribution in [2.45, 2.75) is 39.5 Å². The second-order valence-corrected chi connectivity index (χ2v) is 4.44. The zero-order valence-corrected chi connectivity index (χ0v) is 10.7. The van der Waals surface area contributed by atoms with Gasteiger partial charge in [0.15, 0.2) is 11.6 Å². The molecule has 0 aromatic carbocycles. The average Bonchev–Trinajstić information content (AvgIpc) is 3.03. The predicted octanol–water partition coefficient (Wildman–Crippen LogP) is 1.64. The molecule has 3 heterocycles. The normalized spacial score (nSPS) is 18.9. The minimum atomic E-state index is 0.311. The monoisotopic (exact) mass is 247 g/mol. The van der Waals surface area contributed by atoms with Crippen LogP contribution in [0.4, 0.5) is 0 Å². The van der Waals surface area contributed by atoms with Crippen LogP contribution in [0.25, 0.3) is 11.5 Å². The number of aromatic nitrogens is 5. The van der Waals surface area contributed by atoms with Crippen LogP contribution in [0, 0.1) is 0 Å². The Morgan fingerprint density at radius 3 is 3.00 bits per heavy atom. The SMILES string of the molecule is CCC1COCc2nnc(-c3ccn(CC)n3)n21. The van der Waals surface area contributed by atoms with Crippen LogP contribution in [0.15, 0.2) is 12.3 Å². The van der Waals surface area contributed by atoms with Crippen molar-refractivity contribution in [1.82, 2.24) is 24.5 Å². The summed E-state index contributed by atoms with van der Waals surface area (Å²) < 4.78 is 9.60. The van der Waals surface area contributed by atoms with Gasteiger partial charge in [0.2, 0.25) is 0 Å². The van der Waals surface area contributed by atoms with E-state index < -0.39 is 0 Å². The Labute approximate surface area is 106 Å². The Morgan fingerprint density at radius 1 is 1.39 bits per heavy atom. The van der Waals surface area contributed by atoms with Gasteiger partial charge in [0.25, 0.3) is 0 Å².